The zero-order valence-electron chi connectivity index (χ0n) is 4.52. The van der Waals surface area contributed by atoms with Crippen LogP contribution < -0.4 is 11.4 Å². The van der Waals surface area contributed by atoms with Gasteiger partial charge in [0.15, 0.2) is 0 Å². The number of nitrogens with zero attached hydrogens (tertiary/aromatic N) is 2. The van der Waals surface area contributed by atoms with Crippen LogP contribution in [0.2, 0.25) is 0 Å². The van der Waals surface area contributed by atoms with Gasteiger partial charge < -0.3 is 4.84 Å². The fourth-order valence-electron chi connectivity index (χ4n) is 0.418. The van der Waals surface area contributed by atoms with E-state index in [4.69, 9.17) is 5.84 Å². The van der Waals surface area contributed by atoms with Crippen LogP contribution in [-0.2, 0) is 9.63 Å². The van der Waals surface area contributed by atoms with E-state index in [1.807, 2.05) is 0 Å². The Labute approximate surface area is 51.3 Å². The standard InChI is InChI=1S/C3H6N4O2/c4-6-1-2-7(5-6)9-3-8/h1-3,5H,4H2. The third kappa shape index (κ3) is 1.31. The summed E-state index contributed by atoms with van der Waals surface area (Å²) in [5.41, 5.74) is 2.43. The highest BCUT2D eigenvalue weighted by molar-refractivity contribution is 5.36. The van der Waals surface area contributed by atoms with Crippen molar-refractivity contribution in [1.29, 1.82) is 0 Å². The number of hydrazine groups is 3. The topological polar surface area (TPSA) is 70.8 Å². The minimum atomic E-state index is 0.288. The van der Waals surface area contributed by atoms with Crippen molar-refractivity contribution in [3.05, 3.63) is 12.4 Å². The highest BCUT2D eigenvalue weighted by Crippen LogP contribution is 1.92. The van der Waals surface area contributed by atoms with Crippen molar-refractivity contribution in [1.82, 2.24) is 15.8 Å². The fraction of sp³-hybridized carbons (Fsp3) is 0. The number of nitrogens with two attached hydrogens (primary N) is 1. The summed E-state index contributed by atoms with van der Waals surface area (Å²) in [6, 6.07) is 0. The molecule has 0 atom stereocenters. The molecule has 0 radical (unpaired) electrons. The Balaban J connectivity index is 2.31. The highest BCUT2D eigenvalue weighted by atomic mass is 16.7. The molecule has 0 bridgehead atoms. The second-order valence-corrected chi connectivity index (χ2v) is 1.33. The summed E-state index contributed by atoms with van der Waals surface area (Å²) in [6.07, 6.45) is 2.94. The molecule has 50 valence electrons. The second-order valence-electron chi connectivity index (χ2n) is 1.33. The Morgan fingerprint density at radius 2 is 2.44 bits per heavy atom. The van der Waals surface area contributed by atoms with Crippen LogP contribution in [0.25, 0.3) is 0 Å². The molecular weight excluding hydrogens is 124 g/mol. The molecule has 6 nitrogen and oxygen atoms in total. The van der Waals surface area contributed by atoms with Crippen molar-refractivity contribution in [3.63, 3.8) is 0 Å². The molecule has 1 rings (SSSR count). The van der Waals surface area contributed by atoms with E-state index < -0.39 is 0 Å². The summed E-state index contributed by atoms with van der Waals surface area (Å²) in [4.78, 5) is 14.0. The van der Waals surface area contributed by atoms with Crippen LogP contribution in [0.3, 0.4) is 0 Å². The molecule has 0 amide bonds. The monoisotopic (exact) mass is 130 g/mol. The van der Waals surface area contributed by atoms with Crippen LogP contribution in [0.15, 0.2) is 12.4 Å². The van der Waals surface area contributed by atoms with Gasteiger partial charge in [0, 0.05) is 0 Å². The normalized spacial score (nSPS) is 16.6. The van der Waals surface area contributed by atoms with Crippen molar-refractivity contribution in [3.8, 4) is 0 Å². The lowest BCUT2D eigenvalue weighted by Crippen LogP contribution is -2.42. The molecule has 0 fully saturated rings. The van der Waals surface area contributed by atoms with Crippen molar-refractivity contribution in [2.45, 2.75) is 0 Å². The first-order valence-electron chi connectivity index (χ1n) is 2.21. The van der Waals surface area contributed by atoms with E-state index in [0.717, 1.165) is 10.3 Å². The highest BCUT2D eigenvalue weighted by Gasteiger charge is 2.06. The lowest BCUT2D eigenvalue weighted by Gasteiger charge is -2.13. The van der Waals surface area contributed by atoms with E-state index in [0.29, 0.717) is 0 Å². The van der Waals surface area contributed by atoms with Gasteiger partial charge in [-0.3, -0.25) is 4.79 Å². The van der Waals surface area contributed by atoms with Gasteiger partial charge in [0.25, 0.3) is 0 Å². The van der Waals surface area contributed by atoms with Gasteiger partial charge in [-0.05, 0) is 0 Å². The Bertz CT molecular complexity index is 136. The lowest BCUT2D eigenvalue weighted by molar-refractivity contribution is -0.182. The largest absolute Gasteiger partial charge is 0.328 e. The van der Waals surface area contributed by atoms with E-state index in [1.54, 1.807) is 0 Å². The average Bonchev–Trinajstić information content (AvgIpc) is 2.17. The van der Waals surface area contributed by atoms with Gasteiger partial charge in [-0.2, -0.15) is 0 Å². The number of carbonyl (C=O) groups excluding carboxylic acids is 1. The number of carbonyl (C=O) groups is 1. The average molecular weight is 130 g/mol. The van der Waals surface area contributed by atoms with Crippen LogP contribution in [0.1, 0.15) is 0 Å². The summed E-state index contributed by atoms with van der Waals surface area (Å²) >= 11 is 0. The van der Waals surface area contributed by atoms with E-state index in [2.05, 4.69) is 10.4 Å². The molecule has 3 N–H and O–H groups in total. The molecule has 1 heterocycles. The molecule has 1 aliphatic rings. The predicted octanol–water partition coefficient (Wildman–Crippen LogP) is -1.54. The second kappa shape index (κ2) is 2.33. The Morgan fingerprint density at radius 1 is 1.67 bits per heavy atom. The Hall–Kier alpha value is -1.27. The molecule has 0 aromatic heterocycles. The maximum absolute atomic E-state index is 9.67. The molecule has 6 heteroatoms. The summed E-state index contributed by atoms with van der Waals surface area (Å²) in [7, 11) is 0. The predicted molar refractivity (Wildman–Crippen MR) is 27.3 cm³/mol. The summed E-state index contributed by atoms with van der Waals surface area (Å²) in [5.74, 6) is 5.15. The Morgan fingerprint density at radius 3 is 2.89 bits per heavy atom. The van der Waals surface area contributed by atoms with Crippen molar-refractivity contribution < 1.29 is 9.63 Å². The molecule has 0 saturated carbocycles. The first-order chi connectivity index (χ1) is 4.33. The van der Waals surface area contributed by atoms with Gasteiger partial charge in [0.2, 0.25) is 0 Å². The van der Waals surface area contributed by atoms with E-state index in [9.17, 15) is 4.79 Å². The molecule has 0 unspecified atom stereocenters. The smallest absolute Gasteiger partial charge is 0.322 e. The zero-order valence-corrected chi connectivity index (χ0v) is 4.52. The molecule has 0 saturated heterocycles. The molecule has 0 aromatic rings. The van der Waals surface area contributed by atoms with Crippen molar-refractivity contribution in [2.24, 2.45) is 5.84 Å². The summed E-state index contributed by atoms with van der Waals surface area (Å²) in [6.45, 7) is 0.288. The summed E-state index contributed by atoms with van der Waals surface area (Å²) < 4.78 is 0. The zero-order chi connectivity index (χ0) is 6.69. The molecule has 9 heavy (non-hydrogen) atoms. The SMILES string of the molecule is NN1C=CN(OC=O)N1. The molecule has 0 aliphatic carbocycles. The number of hydrogen-bond acceptors (Lipinski definition) is 6. The van der Waals surface area contributed by atoms with Crippen LogP contribution in [-0.4, -0.2) is 16.8 Å². The van der Waals surface area contributed by atoms with Crippen LogP contribution in [0.5, 0.6) is 0 Å². The van der Waals surface area contributed by atoms with Crippen LogP contribution in [0.4, 0.5) is 0 Å². The maximum Gasteiger partial charge on any atom is 0.322 e. The Kier molecular flexibility index (Phi) is 1.52. The summed E-state index contributed by atoms with van der Waals surface area (Å²) in [5, 5.41) is 2.20. The van der Waals surface area contributed by atoms with Crippen LogP contribution in [0, 0.1) is 0 Å². The number of hydroxylamine groups is 1. The van der Waals surface area contributed by atoms with E-state index in [-0.39, 0.29) is 6.47 Å². The first kappa shape index (κ1) is 5.86. The fourth-order valence-corrected chi connectivity index (χ4v) is 0.418. The van der Waals surface area contributed by atoms with Crippen molar-refractivity contribution in [2.75, 3.05) is 0 Å². The molecule has 1 aliphatic heterocycles. The van der Waals surface area contributed by atoms with E-state index in [1.165, 1.54) is 12.4 Å². The minimum Gasteiger partial charge on any atom is -0.328 e. The van der Waals surface area contributed by atoms with E-state index >= 15 is 0 Å². The van der Waals surface area contributed by atoms with Crippen LogP contribution >= 0.6 is 0 Å². The quantitative estimate of drug-likeness (QED) is 0.348. The number of hydrogen-bond donors (Lipinski definition) is 2. The molecule has 0 spiro atoms. The lowest BCUT2D eigenvalue weighted by atomic mass is 10.9. The first-order valence-corrected chi connectivity index (χ1v) is 2.21. The van der Waals surface area contributed by atoms with Gasteiger partial charge in [-0.25, -0.2) is 11.0 Å². The van der Waals surface area contributed by atoms with Crippen molar-refractivity contribution >= 4 is 6.47 Å². The van der Waals surface area contributed by atoms with Gasteiger partial charge in [-0.15, -0.1) is 5.17 Å². The third-order valence-corrected chi connectivity index (χ3v) is 0.733. The third-order valence-electron chi connectivity index (χ3n) is 0.733. The minimum absolute atomic E-state index is 0.288. The number of rotatable bonds is 2. The van der Waals surface area contributed by atoms with Gasteiger partial charge >= 0.3 is 6.47 Å². The van der Waals surface area contributed by atoms with Gasteiger partial charge in [0.05, 0.1) is 12.4 Å². The molecular formula is C3H6N4O2. The van der Waals surface area contributed by atoms with Gasteiger partial charge in [0.1, 0.15) is 0 Å². The van der Waals surface area contributed by atoms with Gasteiger partial charge in [-0.1, -0.05) is 5.53 Å². The maximum atomic E-state index is 9.67. The molecule has 0 aromatic carbocycles. The number of nitrogens with one attached hydrogen (secondary N) is 1.